The Labute approximate surface area is 242 Å². The molecular weight excluding hydrogens is 582 g/mol. The molecule has 0 aliphatic carbocycles. The molecule has 0 saturated carbocycles. The fourth-order valence-electron chi connectivity index (χ4n) is 4.69. The zero-order valence-corrected chi connectivity index (χ0v) is 22.6. The summed E-state index contributed by atoms with van der Waals surface area (Å²) in [6.07, 6.45) is -9.70. The third-order valence-corrected chi connectivity index (χ3v) is 7.05. The van der Waals surface area contributed by atoms with Gasteiger partial charge in [0.1, 0.15) is 12.1 Å². The van der Waals surface area contributed by atoms with E-state index in [-0.39, 0.29) is 12.7 Å². The van der Waals surface area contributed by atoms with Gasteiger partial charge in [-0.15, -0.1) is 0 Å². The Bertz CT molecular complexity index is 1430. The fraction of sp³-hybridized carbons (Fsp3) is 0.300. The number of hydrogen-bond acceptors (Lipinski definition) is 5. The number of amides is 1. The summed E-state index contributed by atoms with van der Waals surface area (Å²) in [6, 6.07) is 16.7. The summed E-state index contributed by atoms with van der Waals surface area (Å²) in [5.41, 5.74) is -3.87. The number of nitrogens with zero attached hydrogens (tertiary/aromatic N) is 2. The molecule has 0 N–H and O–H groups in total. The monoisotopic (exact) mass is 608 g/mol. The Morgan fingerprint density at radius 2 is 1.53 bits per heavy atom. The molecule has 2 unspecified atom stereocenters. The standard InChI is InChI=1S/C30H26F6N2O5/c1-20(22-14-24(29(31,32)33)16-25(15-22)30(34,35)36)43-19-28(23-10-6-3-7-11-23)13-12-26(38(40)41)17-37(28)27(39)42-18-21-8-4-2-5-9-21/h2-16,20,26H,17-19H2,1H3/t20-,26?,28?/m1/s1. The van der Waals surface area contributed by atoms with Gasteiger partial charge in [-0.2, -0.15) is 26.3 Å². The van der Waals surface area contributed by atoms with E-state index in [1.165, 1.54) is 19.1 Å². The molecule has 3 aromatic carbocycles. The maximum atomic E-state index is 13.5. The van der Waals surface area contributed by atoms with Crippen molar-refractivity contribution in [3.05, 3.63) is 129 Å². The van der Waals surface area contributed by atoms with E-state index >= 15 is 0 Å². The minimum atomic E-state index is -5.05. The second kappa shape index (κ2) is 12.5. The maximum Gasteiger partial charge on any atom is 0.416 e. The third-order valence-electron chi connectivity index (χ3n) is 7.05. The van der Waals surface area contributed by atoms with Crippen LogP contribution in [0.4, 0.5) is 31.1 Å². The van der Waals surface area contributed by atoms with Gasteiger partial charge in [-0.1, -0.05) is 60.7 Å². The van der Waals surface area contributed by atoms with Crippen LogP contribution in [0.1, 0.15) is 40.8 Å². The number of halogens is 6. The molecule has 3 atom stereocenters. The number of benzene rings is 3. The van der Waals surface area contributed by atoms with Gasteiger partial charge in [-0.05, 0) is 54.0 Å². The van der Waals surface area contributed by atoms with Crippen molar-refractivity contribution >= 4 is 6.09 Å². The third kappa shape index (κ3) is 7.34. The van der Waals surface area contributed by atoms with E-state index in [0.717, 1.165) is 4.90 Å². The lowest BCUT2D eigenvalue weighted by Crippen LogP contribution is -2.57. The molecule has 43 heavy (non-hydrogen) atoms. The van der Waals surface area contributed by atoms with E-state index in [4.69, 9.17) is 9.47 Å². The lowest BCUT2D eigenvalue weighted by Gasteiger charge is -2.44. The van der Waals surface area contributed by atoms with Crippen molar-refractivity contribution < 1.29 is 45.5 Å². The molecule has 0 fully saturated rings. The van der Waals surface area contributed by atoms with E-state index < -0.39 is 70.9 Å². The van der Waals surface area contributed by atoms with Crippen LogP contribution in [0.5, 0.6) is 0 Å². The second-order valence-electron chi connectivity index (χ2n) is 9.95. The number of carbonyl (C=O) groups excluding carboxylic acids is 1. The normalized spacial score (nSPS) is 19.6. The molecule has 7 nitrogen and oxygen atoms in total. The summed E-state index contributed by atoms with van der Waals surface area (Å²) in [5.74, 6) is 0. The van der Waals surface area contributed by atoms with E-state index in [0.29, 0.717) is 23.3 Å². The van der Waals surface area contributed by atoms with Crippen molar-refractivity contribution in [3.8, 4) is 0 Å². The van der Waals surface area contributed by atoms with Crippen molar-refractivity contribution in [2.75, 3.05) is 13.2 Å². The van der Waals surface area contributed by atoms with E-state index in [9.17, 15) is 41.3 Å². The lowest BCUT2D eigenvalue weighted by molar-refractivity contribution is -0.511. The lowest BCUT2D eigenvalue weighted by atomic mass is 9.85. The summed E-state index contributed by atoms with van der Waals surface area (Å²) >= 11 is 0. The highest BCUT2D eigenvalue weighted by molar-refractivity contribution is 5.70. The summed E-state index contributed by atoms with van der Waals surface area (Å²) in [7, 11) is 0. The Balaban J connectivity index is 1.71. The summed E-state index contributed by atoms with van der Waals surface area (Å²) < 4.78 is 92.2. The van der Waals surface area contributed by atoms with Gasteiger partial charge in [0.2, 0.25) is 6.04 Å². The largest absolute Gasteiger partial charge is 0.445 e. The van der Waals surface area contributed by atoms with Gasteiger partial charge < -0.3 is 9.47 Å². The molecule has 1 aliphatic rings. The molecule has 228 valence electrons. The van der Waals surface area contributed by atoms with Gasteiger partial charge in [-0.25, -0.2) is 4.79 Å². The SMILES string of the molecule is C[C@@H](OCC1(c2ccccc2)C=CC([N+](=O)[O-])CN1C(=O)OCc1ccccc1)c1cc(C(F)(F)F)cc(C(F)(F)F)c1. The van der Waals surface area contributed by atoms with Crippen molar-refractivity contribution in [3.63, 3.8) is 0 Å². The summed E-state index contributed by atoms with van der Waals surface area (Å²) in [6.45, 7) is 0.205. The van der Waals surface area contributed by atoms with Crippen LogP contribution in [0.25, 0.3) is 0 Å². The Morgan fingerprint density at radius 1 is 0.977 bits per heavy atom. The van der Waals surface area contributed by atoms with Crippen LogP contribution in [0.2, 0.25) is 0 Å². The minimum Gasteiger partial charge on any atom is -0.445 e. The molecule has 0 bridgehead atoms. The zero-order valence-electron chi connectivity index (χ0n) is 22.6. The molecule has 0 saturated heterocycles. The van der Waals surface area contributed by atoms with Crippen LogP contribution in [0.3, 0.4) is 0 Å². The second-order valence-corrected chi connectivity index (χ2v) is 9.95. The van der Waals surface area contributed by atoms with Crippen molar-refractivity contribution in [2.45, 2.75) is 43.6 Å². The summed E-state index contributed by atoms with van der Waals surface area (Å²) in [5, 5.41) is 11.7. The van der Waals surface area contributed by atoms with Crippen molar-refractivity contribution in [1.29, 1.82) is 0 Å². The minimum absolute atomic E-state index is 0.0216. The maximum absolute atomic E-state index is 13.5. The van der Waals surface area contributed by atoms with Gasteiger partial charge >= 0.3 is 18.4 Å². The van der Waals surface area contributed by atoms with Crippen LogP contribution in [0.15, 0.2) is 91.0 Å². The average Bonchev–Trinajstić information content (AvgIpc) is 2.98. The molecule has 4 rings (SSSR count). The molecule has 0 radical (unpaired) electrons. The number of hydrogen-bond donors (Lipinski definition) is 0. The van der Waals surface area contributed by atoms with Crippen molar-refractivity contribution in [1.82, 2.24) is 4.90 Å². The van der Waals surface area contributed by atoms with Gasteiger partial charge in [0.05, 0.1) is 30.4 Å². The van der Waals surface area contributed by atoms with Crippen LogP contribution in [-0.2, 0) is 34.0 Å². The first-order valence-corrected chi connectivity index (χ1v) is 13.0. The number of nitro groups is 1. The molecule has 0 aromatic heterocycles. The van der Waals surface area contributed by atoms with Crippen LogP contribution in [0, 0.1) is 10.1 Å². The molecule has 0 spiro atoms. The first-order valence-electron chi connectivity index (χ1n) is 13.0. The number of rotatable bonds is 8. The predicted molar refractivity (Wildman–Crippen MR) is 142 cm³/mol. The highest BCUT2D eigenvalue weighted by Gasteiger charge is 2.47. The smallest absolute Gasteiger partial charge is 0.416 e. The Morgan fingerprint density at radius 3 is 2.07 bits per heavy atom. The number of carbonyl (C=O) groups is 1. The Kier molecular flexibility index (Phi) is 9.14. The topological polar surface area (TPSA) is 81.9 Å². The molecule has 1 heterocycles. The fourth-order valence-corrected chi connectivity index (χ4v) is 4.69. The first kappa shape index (κ1) is 31.5. The molecule has 3 aromatic rings. The quantitative estimate of drug-likeness (QED) is 0.114. The van der Waals surface area contributed by atoms with E-state index in [1.54, 1.807) is 60.7 Å². The zero-order chi connectivity index (χ0) is 31.4. The highest BCUT2D eigenvalue weighted by atomic mass is 19.4. The van der Waals surface area contributed by atoms with Crippen LogP contribution < -0.4 is 0 Å². The molecular formula is C30H26F6N2O5. The van der Waals surface area contributed by atoms with Gasteiger partial charge in [0.15, 0.2) is 0 Å². The number of ether oxygens (including phenoxy) is 2. The number of alkyl halides is 6. The molecule has 13 heteroatoms. The van der Waals surface area contributed by atoms with Crippen LogP contribution >= 0.6 is 0 Å². The highest BCUT2D eigenvalue weighted by Crippen LogP contribution is 2.40. The van der Waals surface area contributed by atoms with Crippen molar-refractivity contribution in [2.24, 2.45) is 0 Å². The van der Waals surface area contributed by atoms with Crippen LogP contribution in [-0.4, -0.2) is 35.1 Å². The molecule has 1 amide bonds. The van der Waals surface area contributed by atoms with E-state index in [1.807, 2.05) is 0 Å². The Hall–Kier alpha value is -4.39. The van der Waals surface area contributed by atoms with Gasteiger partial charge in [-0.3, -0.25) is 15.0 Å². The first-order chi connectivity index (χ1) is 20.2. The average molecular weight is 609 g/mol. The van der Waals surface area contributed by atoms with Gasteiger partial charge in [0, 0.05) is 4.92 Å². The van der Waals surface area contributed by atoms with E-state index in [2.05, 4.69) is 0 Å². The summed E-state index contributed by atoms with van der Waals surface area (Å²) in [4.78, 5) is 25.7. The van der Waals surface area contributed by atoms with Gasteiger partial charge in [0.25, 0.3) is 0 Å². The molecule has 1 aliphatic heterocycles. The predicted octanol–water partition coefficient (Wildman–Crippen LogP) is 7.55.